The van der Waals surface area contributed by atoms with Crippen LogP contribution in [0.25, 0.3) is 0 Å². The predicted octanol–water partition coefficient (Wildman–Crippen LogP) is 4.70. The van der Waals surface area contributed by atoms with Crippen LogP contribution in [0.15, 0.2) is 30.3 Å². The largest absolute Gasteiger partial charge is 0.679 e. The van der Waals surface area contributed by atoms with Gasteiger partial charge in [-0.2, -0.15) is 0 Å². The van der Waals surface area contributed by atoms with E-state index in [4.69, 9.17) is 17.7 Å². The van der Waals surface area contributed by atoms with Gasteiger partial charge in [-0.3, -0.25) is 0 Å². The van der Waals surface area contributed by atoms with Gasteiger partial charge in [-0.05, 0) is 18.4 Å². The molecule has 5 heteroatoms. The fourth-order valence-electron chi connectivity index (χ4n) is 2.15. The molecule has 4 nitrogen and oxygen atoms in total. The monoisotopic (exact) mass is 340 g/mol. The van der Waals surface area contributed by atoms with E-state index >= 15 is 0 Å². The van der Waals surface area contributed by atoms with Crippen molar-refractivity contribution in [3.63, 3.8) is 0 Å². The predicted molar refractivity (Wildman–Crippen MR) is 94.9 cm³/mol. The lowest BCUT2D eigenvalue weighted by Crippen LogP contribution is -2.48. The summed E-state index contributed by atoms with van der Waals surface area (Å²) >= 11 is 0. The first-order valence-electron chi connectivity index (χ1n) is 8.77. The van der Waals surface area contributed by atoms with Crippen molar-refractivity contribution in [3.8, 4) is 0 Å². The van der Waals surface area contributed by atoms with Crippen LogP contribution in [0.2, 0.25) is 0 Å². The maximum Gasteiger partial charge on any atom is 0.679 e. The van der Waals surface area contributed by atoms with Crippen LogP contribution in [0, 0.1) is 0 Å². The first-order chi connectivity index (χ1) is 11.3. The van der Waals surface area contributed by atoms with Crippen LogP contribution in [-0.2, 0) is 24.3 Å². The molecule has 0 aliphatic heterocycles. The zero-order valence-corrected chi connectivity index (χ0v) is 15.9. The number of benzene rings is 1. The lowest BCUT2D eigenvalue weighted by atomic mass is 10.2. The van der Waals surface area contributed by atoms with Gasteiger partial charge >= 0.3 is 9.05 Å². The van der Waals surface area contributed by atoms with E-state index in [-0.39, 0.29) is 0 Å². The van der Waals surface area contributed by atoms with E-state index in [1.54, 1.807) is 7.11 Å². The third kappa shape index (κ3) is 8.63. The Labute approximate surface area is 142 Å². The minimum Gasteiger partial charge on any atom is -0.355 e. The summed E-state index contributed by atoms with van der Waals surface area (Å²) in [5.41, 5.74) is 1.09. The molecule has 0 atom stereocenters. The summed E-state index contributed by atoms with van der Waals surface area (Å²) in [5, 5.41) is 0. The molecule has 0 aromatic heterocycles. The van der Waals surface area contributed by atoms with Gasteiger partial charge in [-0.25, -0.2) is 0 Å². The fourth-order valence-corrected chi connectivity index (χ4v) is 3.88. The highest BCUT2D eigenvalue weighted by atomic mass is 28.4. The Morgan fingerprint density at radius 3 is 1.83 bits per heavy atom. The maximum absolute atomic E-state index is 6.00. The summed E-state index contributed by atoms with van der Waals surface area (Å²) in [5.74, 6) is 0. The Morgan fingerprint density at radius 2 is 1.35 bits per heavy atom. The Bertz CT molecular complexity index is 374. The molecule has 1 aromatic rings. The highest BCUT2D eigenvalue weighted by molar-refractivity contribution is 6.53. The van der Waals surface area contributed by atoms with Crippen LogP contribution in [0.4, 0.5) is 0 Å². The van der Waals surface area contributed by atoms with Gasteiger partial charge < -0.3 is 17.7 Å². The Hall–Kier alpha value is -0.723. The second-order valence-corrected chi connectivity index (χ2v) is 7.86. The van der Waals surface area contributed by atoms with E-state index in [1.165, 1.54) is 0 Å². The SMILES string of the molecule is CCCCCO[Si](OC)(OCCCCC)OCc1ccccc1. The molecule has 0 heterocycles. The fraction of sp³-hybridized carbons (Fsp3) is 0.667. The normalized spacial score (nSPS) is 11.8. The summed E-state index contributed by atoms with van der Waals surface area (Å²) in [4.78, 5) is 0. The van der Waals surface area contributed by atoms with Crippen molar-refractivity contribution >= 4 is 9.05 Å². The van der Waals surface area contributed by atoms with Gasteiger partial charge in [-0.1, -0.05) is 69.9 Å². The molecule has 0 saturated carbocycles. The van der Waals surface area contributed by atoms with Gasteiger partial charge in [0.15, 0.2) is 0 Å². The van der Waals surface area contributed by atoms with Crippen LogP contribution in [0.3, 0.4) is 0 Å². The lowest BCUT2D eigenvalue weighted by Gasteiger charge is -2.26. The average Bonchev–Trinajstić information content (AvgIpc) is 2.60. The van der Waals surface area contributed by atoms with Crippen molar-refractivity contribution in [1.29, 1.82) is 0 Å². The molecule has 1 rings (SSSR count). The third-order valence-electron chi connectivity index (χ3n) is 3.56. The molecule has 1 aromatic carbocycles. The molecule has 0 aliphatic rings. The van der Waals surface area contributed by atoms with Crippen LogP contribution in [0.1, 0.15) is 57.9 Å². The van der Waals surface area contributed by atoms with E-state index in [0.717, 1.165) is 44.1 Å². The zero-order chi connectivity index (χ0) is 16.8. The van der Waals surface area contributed by atoms with Gasteiger partial charge in [0.2, 0.25) is 0 Å². The number of rotatable bonds is 14. The van der Waals surface area contributed by atoms with Crippen LogP contribution in [-0.4, -0.2) is 29.4 Å². The van der Waals surface area contributed by atoms with Gasteiger partial charge in [0.1, 0.15) is 0 Å². The smallest absolute Gasteiger partial charge is 0.355 e. The quantitative estimate of drug-likeness (QED) is 0.363. The van der Waals surface area contributed by atoms with Crippen LogP contribution >= 0.6 is 0 Å². The zero-order valence-electron chi connectivity index (χ0n) is 14.9. The Balaban J connectivity index is 2.55. The molecule has 0 unspecified atom stereocenters. The van der Waals surface area contributed by atoms with E-state index in [9.17, 15) is 0 Å². The van der Waals surface area contributed by atoms with E-state index < -0.39 is 9.05 Å². The van der Waals surface area contributed by atoms with Crippen molar-refractivity contribution in [2.75, 3.05) is 20.3 Å². The molecule has 0 bridgehead atoms. The topological polar surface area (TPSA) is 36.9 Å². The molecule has 0 amide bonds. The molecule has 132 valence electrons. The minimum absolute atomic E-state index is 0.447. The summed E-state index contributed by atoms with van der Waals surface area (Å²) in [6.45, 7) is 6.04. The molecule has 0 spiro atoms. The molecular weight excluding hydrogens is 308 g/mol. The van der Waals surface area contributed by atoms with Gasteiger partial charge in [0, 0.05) is 20.3 Å². The standard InChI is InChI=1S/C18H32O4Si/c1-4-6-11-15-20-23(19-3,21-16-12-7-5-2)22-17-18-13-9-8-10-14-18/h8-10,13-14H,4-7,11-12,15-17H2,1-3H3. The number of unbranched alkanes of at least 4 members (excludes halogenated alkanes) is 4. The van der Waals surface area contributed by atoms with Crippen LogP contribution in [0.5, 0.6) is 0 Å². The highest BCUT2D eigenvalue weighted by Gasteiger charge is 2.44. The second kappa shape index (κ2) is 12.7. The summed E-state index contributed by atoms with van der Waals surface area (Å²) in [6, 6.07) is 10.1. The summed E-state index contributed by atoms with van der Waals surface area (Å²) in [7, 11) is -1.43. The van der Waals surface area contributed by atoms with Gasteiger partial charge in [0.05, 0.1) is 6.61 Å². The average molecular weight is 341 g/mol. The molecule has 23 heavy (non-hydrogen) atoms. The van der Waals surface area contributed by atoms with Gasteiger partial charge in [0.25, 0.3) is 0 Å². The molecule has 0 saturated heterocycles. The first-order valence-corrected chi connectivity index (χ1v) is 10.4. The van der Waals surface area contributed by atoms with Crippen molar-refractivity contribution < 1.29 is 17.7 Å². The Morgan fingerprint density at radius 1 is 0.783 bits per heavy atom. The minimum atomic E-state index is -3.05. The van der Waals surface area contributed by atoms with E-state index in [2.05, 4.69) is 13.8 Å². The number of hydrogen-bond acceptors (Lipinski definition) is 4. The second-order valence-electron chi connectivity index (χ2n) is 5.59. The maximum atomic E-state index is 6.00. The van der Waals surface area contributed by atoms with Crippen LogP contribution < -0.4 is 0 Å². The van der Waals surface area contributed by atoms with Crippen molar-refractivity contribution in [1.82, 2.24) is 0 Å². The van der Waals surface area contributed by atoms with Crippen molar-refractivity contribution in [2.45, 2.75) is 59.0 Å². The molecule has 0 aliphatic carbocycles. The molecule has 0 N–H and O–H groups in total. The molecule has 0 fully saturated rings. The Kier molecular flexibility index (Phi) is 11.2. The summed E-state index contributed by atoms with van der Waals surface area (Å²) in [6.07, 6.45) is 6.61. The van der Waals surface area contributed by atoms with Crippen molar-refractivity contribution in [2.24, 2.45) is 0 Å². The summed E-state index contributed by atoms with van der Waals surface area (Å²) < 4.78 is 23.5. The highest BCUT2D eigenvalue weighted by Crippen LogP contribution is 2.16. The van der Waals surface area contributed by atoms with Gasteiger partial charge in [-0.15, -0.1) is 0 Å². The number of hydrogen-bond donors (Lipinski definition) is 0. The molecule has 0 radical (unpaired) electrons. The first kappa shape index (κ1) is 20.3. The van der Waals surface area contributed by atoms with E-state index in [0.29, 0.717) is 19.8 Å². The lowest BCUT2D eigenvalue weighted by molar-refractivity contribution is -0.0284. The third-order valence-corrected chi connectivity index (χ3v) is 5.68. The van der Waals surface area contributed by atoms with E-state index in [1.807, 2.05) is 30.3 Å². The molecular formula is C18H32O4Si. The van der Waals surface area contributed by atoms with Crippen molar-refractivity contribution in [3.05, 3.63) is 35.9 Å².